The third-order valence-electron chi connectivity index (χ3n) is 7.31. The highest BCUT2D eigenvalue weighted by Crippen LogP contribution is 2.29. The molecule has 0 saturated heterocycles. The van der Waals surface area contributed by atoms with Crippen LogP contribution in [0.1, 0.15) is 58.8 Å². The van der Waals surface area contributed by atoms with Gasteiger partial charge in [0.2, 0.25) is 5.91 Å². The van der Waals surface area contributed by atoms with E-state index in [1.54, 1.807) is 35.2 Å². The van der Waals surface area contributed by atoms with Crippen molar-refractivity contribution < 1.29 is 23.9 Å². The first-order valence-corrected chi connectivity index (χ1v) is 15.7. The Morgan fingerprint density at radius 1 is 1.09 bits per heavy atom. The summed E-state index contributed by atoms with van der Waals surface area (Å²) in [5, 5.41) is 12.9. The van der Waals surface area contributed by atoms with E-state index in [4.69, 9.17) is 9.47 Å². The van der Waals surface area contributed by atoms with Crippen molar-refractivity contribution in [3.63, 3.8) is 0 Å². The lowest BCUT2D eigenvalue weighted by Crippen LogP contribution is -2.44. The number of aryl methyl sites for hydroxylation is 1. The van der Waals surface area contributed by atoms with Crippen LogP contribution < -0.4 is 20.1 Å². The molecule has 0 unspecified atom stereocenters. The van der Waals surface area contributed by atoms with Gasteiger partial charge in [0.05, 0.1) is 26.2 Å². The predicted octanol–water partition coefficient (Wildman–Crippen LogP) is 3.89. The third-order valence-corrected chi connectivity index (χ3v) is 8.20. The molecule has 0 aliphatic carbocycles. The van der Waals surface area contributed by atoms with E-state index in [0.717, 1.165) is 10.6 Å². The zero-order valence-electron chi connectivity index (χ0n) is 25.8. The molecule has 1 atom stereocenters. The van der Waals surface area contributed by atoms with Crippen molar-refractivity contribution in [1.82, 2.24) is 35.3 Å². The van der Waals surface area contributed by atoms with Crippen LogP contribution in [0, 0.1) is 12.8 Å². The molecule has 45 heavy (non-hydrogen) atoms. The monoisotopic (exact) mass is 631 g/mol. The van der Waals surface area contributed by atoms with Crippen LogP contribution in [0.3, 0.4) is 0 Å². The SMILES string of the molecule is COc1ccc2cc1OCCn1nc(C)nc1[C@H](C(C)C)NC(=O)CN(C(=O)c1csc(-c3ccccc3)n1)CCCNC2=O. The molecule has 2 N–H and O–H groups in total. The van der Waals surface area contributed by atoms with Crippen LogP contribution in [0.15, 0.2) is 53.9 Å². The molecule has 5 rings (SSSR count). The second kappa shape index (κ2) is 14.3. The third kappa shape index (κ3) is 7.66. The lowest BCUT2D eigenvalue weighted by molar-refractivity contribution is -0.123. The molecule has 0 radical (unpaired) electrons. The number of carbonyl (C=O) groups excluding carboxylic acids is 3. The van der Waals surface area contributed by atoms with E-state index in [-0.39, 0.29) is 55.6 Å². The van der Waals surface area contributed by atoms with Crippen LogP contribution in [0.5, 0.6) is 11.5 Å². The molecule has 2 bridgehead atoms. The fraction of sp³-hybridized carbons (Fsp3) is 0.375. The van der Waals surface area contributed by atoms with E-state index in [9.17, 15) is 14.4 Å². The van der Waals surface area contributed by atoms with Gasteiger partial charge in [0.1, 0.15) is 29.0 Å². The zero-order valence-corrected chi connectivity index (χ0v) is 26.6. The molecule has 2 aromatic carbocycles. The number of fused-ring (bicyclic) bond motifs is 3. The second-order valence-electron chi connectivity index (χ2n) is 11.0. The normalized spacial score (nSPS) is 16.6. The molecule has 0 saturated carbocycles. The summed E-state index contributed by atoms with van der Waals surface area (Å²) in [7, 11) is 1.54. The van der Waals surface area contributed by atoms with E-state index < -0.39 is 6.04 Å². The quantitative estimate of drug-likeness (QED) is 0.346. The summed E-state index contributed by atoms with van der Waals surface area (Å²) < 4.78 is 13.2. The van der Waals surface area contributed by atoms with Gasteiger partial charge in [-0.3, -0.25) is 14.4 Å². The maximum atomic E-state index is 13.7. The molecule has 0 fully saturated rings. The van der Waals surface area contributed by atoms with Crippen LogP contribution in [-0.2, 0) is 11.3 Å². The van der Waals surface area contributed by atoms with Gasteiger partial charge in [-0.05, 0) is 37.5 Å². The highest BCUT2D eigenvalue weighted by molar-refractivity contribution is 7.13. The van der Waals surface area contributed by atoms with Gasteiger partial charge in [0, 0.05) is 29.6 Å². The van der Waals surface area contributed by atoms with Crippen LogP contribution >= 0.6 is 11.3 Å². The molecule has 12 nitrogen and oxygen atoms in total. The Morgan fingerprint density at radius 3 is 2.64 bits per heavy atom. The van der Waals surface area contributed by atoms with Gasteiger partial charge in [0.15, 0.2) is 11.5 Å². The van der Waals surface area contributed by atoms with E-state index in [0.29, 0.717) is 41.7 Å². The molecule has 0 spiro atoms. The summed E-state index contributed by atoms with van der Waals surface area (Å²) in [4.78, 5) is 50.9. The average Bonchev–Trinajstić information content (AvgIpc) is 3.67. The first-order valence-electron chi connectivity index (χ1n) is 14.8. The van der Waals surface area contributed by atoms with Gasteiger partial charge in [0.25, 0.3) is 11.8 Å². The minimum absolute atomic E-state index is 0.0223. The molecular weight excluding hydrogens is 594 g/mol. The molecule has 3 amide bonds. The summed E-state index contributed by atoms with van der Waals surface area (Å²) in [5.41, 5.74) is 1.58. The Bertz CT molecular complexity index is 1650. The van der Waals surface area contributed by atoms with Crippen molar-refractivity contribution >= 4 is 29.1 Å². The maximum absolute atomic E-state index is 13.7. The highest BCUT2D eigenvalue weighted by Gasteiger charge is 2.28. The summed E-state index contributed by atoms with van der Waals surface area (Å²) in [6, 6.07) is 14.2. The predicted molar refractivity (Wildman–Crippen MR) is 169 cm³/mol. The standard InChI is InChI=1S/C32H37N7O5S/c1-20(2)28-29-34-21(3)37-39(29)15-16-44-26-17-23(11-12-25(26)43-4)30(41)33-13-8-14-38(18-27(40)36-28)32(42)24-19-45-31(35-24)22-9-6-5-7-10-22/h5-7,9-12,17,19-20,28H,8,13-16,18H2,1-4H3,(H,33,41)(H,36,40)/t28-/m0/s1. The van der Waals surface area contributed by atoms with Gasteiger partial charge in [-0.2, -0.15) is 5.10 Å². The van der Waals surface area contributed by atoms with E-state index in [1.165, 1.54) is 23.3 Å². The summed E-state index contributed by atoms with van der Waals surface area (Å²) in [6.07, 6.45) is 0.418. The van der Waals surface area contributed by atoms with Crippen LogP contribution in [-0.4, -0.2) is 75.7 Å². The molecule has 1 aliphatic rings. The number of rotatable bonds is 4. The van der Waals surface area contributed by atoms with Gasteiger partial charge < -0.3 is 25.0 Å². The molecule has 13 heteroatoms. The Labute approximate surface area is 265 Å². The fourth-order valence-corrected chi connectivity index (χ4v) is 5.83. The lowest BCUT2D eigenvalue weighted by atomic mass is 10.0. The first-order chi connectivity index (χ1) is 21.7. The van der Waals surface area contributed by atoms with Gasteiger partial charge in [-0.15, -0.1) is 11.3 Å². The molecule has 1 aliphatic heterocycles. The van der Waals surface area contributed by atoms with Crippen molar-refractivity contribution in [2.75, 3.05) is 33.4 Å². The Kier molecular flexibility index (Phi) is 10.1. The number of amides is 3. The molecule has 2 aromatic heterocycles. The number of hydrogen-bond donors (Lipinski definition) is 2. The Hall–Kier alpha value is -4.78. The first kappa shape index (κ1) is 31.6. The molecular formula is C32H37N7O5S. The van der Waals surface area contributed by atoms with Crippen molar-refractivity contribution in [1.29, 1.82) is 0 Å². The number of aromatic nitrogens is 4. The minimum atomic E-state index is -0.462. The van der Waals surface area contributed by atoms with E-state index in [1.807, 2.05) is 44.2 Å². The average molecular weight is 632 g/mol. The van der Waals surface area contributed by atoms with Crippen LogP contribution in [0.2, 0.25) is 0 Å². The van der Waals surface area contributed by atoms with Crippen LogP contribution in [0.4, 0.5) is 0 Å². The van der Waals surface area contributed by atoms with Crippen molar-refractivity contribution in [2.24, 2.45) is 5.92 Å². The largest absolute Gasteiger partial charge is 0.493 e. The number of nitrogens with zero attached hydrogens (tertiary/aromatic N) is 5. The maximum Gasteiger partial charge on any atom is 0.273 e. The van der Waals surface area contributed by atoms with Gasteiger partial charge >= 0.3 is 0 Å². The number of methoxy groups -OCH3 is 1. The number of thiazole rings is 1. The fourth-order valence-electron chi connectivity index (χ4n) is 5.03. The number of ether oxygens (including phenoxy) is 2. The second-order valence-corrected chi connectivity index (χ2v) is 11.8. The molecule has 4 aromatic rings. The molecule has 236 valence electrons. The number of carbonyl (C=O) groups is 3. The van der Waals surface area contributed by atoms with Crippen molar-refractivity contribution in [3.8, 4) is 22.1 Å². The lowest BCUT2D eigenvalue weighted by Gasteiger charge is -2.26. The van der Waals surface area contributed by atoms with Gasteiger partial charge in [-0.25, -0.2) is 14.6 Å². The minimum Gasteiger partial charge on any atom is -0.493 e. The smallest absolute Gasteiger partial charge is 0.273 e. The van der Waals surface area contributed by atoms with Gasteiger partial charge in [-0.1, -0.05) is 44.2 Å². The van der Waals surface area contributed by atoms with E-state index >= 15 is 0 Å². The summed E-state index contributed by atoms with van der Waals surface area (Å²) in [6.45, 7) is 6.65. The van der Waals surface area contributed by atoms with Crippen molar-refractivity contribution in [3.05, 3.63) is 76.8 Å². The Balaban J connectivity index is 1.43. The van der Waals surface area contributed by atoms with Crippen molar-refractivity contribution in [2.45, 2.75) is 39.8 Å². The van der Waals surface area contributed by atoms with Crippen LogP contribution in [0.25, 0.3) is 10.6 Å². The zero-order chi connectivity index (χ0) is 31.9. The highest BCUT2D eigenvalue weighted by atomic mass is 32.1. The molecule has 3 heterocycles. The number of benzene rings is 2. The summed E-state index contributed by atoms with van der Waals surface area (Å²) >= 11 is 1.37. The topological polar surface area (TPSA) is 141 Å². The van der Waals surface area contributed by atoms with E-state index in [2.05, 4.69) is 25.7 Å². The Morgan fingerprint density at radius 2 is 1.89 bits per heavy atom. The number of hydrogen-bond acceptors (Lipinski definition) is 9. The summed E-state index contributed by atoms with van der Waals surface area (Å²) in [5.74, 6) is 1.05. The number of nitrogens with one attached hydrogen (secondary N) is 2.